The van der Waals surface area contributed by atoms with Crippen LogP contribution in [0.15, 0.2) is 29.2 Å². The Morgan fingerprint density at radius 2 is 2.00 bits per heavy atom. The van der Waals surface area contributed by atoms with Gasteiger partial charge in [0.1, 0.15) is 0 Å². The van der Waals surface area contributed by atoms with Crippen molar-refractivity contribution in [1.82, 2.24) is 4.90 Å². The van der Waals surface area contributed by atoms with Gasteiger partial charge in [-0.25, -0.2) is 8.42 Å². The maximum atomic E-state index is 11.9. The molecule has 0 unspecified atom stereocenters. The van der Waals surface area contributed by atoms with E-state index in [-0.39, 0.29) is 5.75 Å². The van der Waals surface area contributed by atoms with E-state index in [2.05, 4.69) is 0 Å². The summed E-state index contributed by atoms with van der Waals surface area (Å²) in [5.41, 5.74) is 6.04. The Hall–Kier alpha value is -1.07. The van der Waals surface area contributed by atoms with Gasteiger partial charge in [-0.2, -0.15) is 0 Å². The first kappa shape index (κ1) is 13.0. The highest BCUT2D eigenvalue weighted by atomic mass is 32.2. The van der Waals surface area contributed by atoms with E-state index in [1.807, 2.05) is 19.0 Å². The second-order valence-corrected chi connectivity index (χ2v) is 6.16. The Kier molecular flexibility index (Phi) is 4.32. The van der Waals surface area contributed by atoms with Gasteiger partial charge in [-0.1, -0.05) is 6.07 Å². The molecule has 0 aliphatic carbocycles. The molecule has 0 bridgehead atoms. The second-order valence-electron chi connectivity index (χ2n) is 4.05. The number of nitrogens with zero attached hydrogens (tertiary/aromatic N) is 1. The summed E-state index contributed by atoms with van der Waals surface area (Å²) in [7, 11) is 0.662. The maximum Gasteiger partial charge on any atom is 0.178 e. The molecule has 0 heterocycles. The Bertz CT molecular complexity index is 441. The smallest absolute Gasteiger partial charge is 0.178 e. The molecule has 0 fully saturated rings. The minimum absolute atomic E-state index is 0.161. The fourth-order valence-electron chi connectivity index (χ4n) is 1.40. The van der Waals surface area contributed by atoms with Crippen molar-refractivity contribution in [2.75, 3.05) is 32.1 Å². The fraction of sp³-hybridized carbons (Fsp3) is 0.455. The number of sulfone groups is 1. The number of hydrogen-bond acceptors (Lipinski definition) is 4. The van der Waals surface area contributed by atoms with Gasteiger partial charge in [0.2, 0.25) is 0 Å². The summed E-state index contributed by atoms with van der Waals surface area (Å²) in [6.45, 7) is 0.765. The molecule has 90 valence electrons. The molecule has 0 amide bonds. The van der Waals surface area contributed by atoms with Crippen molar-refractivity contribution in [2.45, 2.75) is 11.3 Å². The standard InChI is InChI=1S/C11H18N2O2S/c1-13(2)7-4-8-16(14,15)11-6-3-5-10(12)9-11/h3,5-6,9H,4,7-8,12H2,1-2H3. The Morgan fingerprint density at radius 3 is 2.56 bits per heavy atom. The van der Waals surface area contributed by atoms with Gasteiger partial charge in [-0.3, -0.25) is 0 Å². The van der Waals surface area contributed by atoms with E-state index >= 15 is 0 Å². The van der Waals surface area contributed by atoms with Crippen molar-refractivity contribution in [3.8, 4) is 0 Å². The predicted octanol–water partition coefficient (Wildman–Crippen LogP) is 0.994. The SMILES string of the molecule is CN(C)CCCS(=O)(=O)c1cccc(N)c1. The number of anilines is 1. The zero-order chi connectivity index (χ0) is 12.2. The molecule has 5 heteroatoms. The van der Waals surface area contributed by atoms with Gasteiger partial charge in [-0.05, 0) is 45.3 Å². The van der Waals surface area contributed by atoms with Gasteiger partial charge in [0, 0.05) is 5.69 Å². The molecule has 4 nitrogen and oxygen atoms in total. The van der Waals surface area contributed by atoms with Crippen molar-refractivity contribution >= 4 is 15.5 Å². The van der Waals surface area contributed by atoms with E-state index < -0.39 is 9.84 Å². The lowest BCUT2D eigenvalue weighted by Gasteiger charge is -2.09. The molecule has 0 saturated carbocycles. The van der Waals surface area contributed by atoms with Gasteiger partial charge < -0.3 is 10.6 Å². The lowest BCUT2D eigenvalue weighted by molar-refractivity contribution is 0.408. The molecule has 1 aromatic rings. The first-order valence-corrected chi connectivity index (χ1v) is 6.80. The summed E-state index contributed by atoms with van der Waals surface area (Å²) in [5.74, 6) is 0.161. The van der Waals surface area contributed by atoms with Gasteiger partial charge >= 0.3 is 0 Å². The van der Waals surface area contributed by atoms with E-state index in [9.17, 15) is 8.42 Å². The van der Waals surface area contributed by atoms with Gasteiger partial charge in [0.15, 0.2) is 9.84 Å². The minimum atomic E-state index is -3.19. The first-order valence-electron chi connectivity index (χ1n) is 5.15. The number of rotatable bonds is 5. The van der Waals surface area contributed by atoms with Crippen LogP contribution >= 0.6 is 0 Å². The predicted molar refractivity (Wildman–Crippen MR) is 66.1 cm³/mol. The highest BCUT2D eigenvalue weighted by molar-refractivity contribution is 7.91. The van der Waals surface area contributed by atoms with Gasteiger partial charge in [0.05, 0.1) is 10.6 Å². The van der Waals surface area contributed by atoms with E-state index in [0.717, 1.165) is 6.54 Å². The van der Waals surface area contributed by atoms with Crippen LogP contribution < -0.4 is 5.73 Å². The van der Waals surface area contributed by atoms with Crippen LogP contribution in [0.25, 0.3) is 0 Å². The third kappa shape index (κ3) is 3.83. The molecule has 1 rings (SSSR count). The van der Waals surface area contributed by atoms with Crippen LogP contribution in [0.5, 0.6) is 0 Å². The molecule has 2 N–H and O–H groups in total. The van der Waals surface area contributed by atoms with Crippen LogP contribution in [0.2, 0.25) is 0 Å². The summed E-state index contributed by atoms with van der Waals surface area (Å²) in [6, 6.07) is 6.43. The maximum absolute atomic E-state index is 11.9. The molecule has 0 aliphatic rings. The zero-order valence-corrected chi connectivity index (χ0v) is 10.5. The number of benzene rings is 1. The lowest BCUT2D eigenvalue weighted by atomic mass is 10.3. The first-order chi connectivity index (χ1) is 7.42. The highest BCUT2D eigenvalue weighted by Crippen LogP contribution is 2.15. The molecule has 0 aromatic heterocycles. The molecule has 0 aliphatic heterocycles. The topological polar surface area (TPSA) is 63.4 Å². The van der Waals surface area contributed by atoms with E-state index in [0.29, 0.717) is 17.0 Å². The Labute approximate surface area is 97.0 Å². The van der Waals surface area contributed by atoms with Gasteiger partial charge in [0.25, 0.3) is 0 Å². The molecule has 0 saturated heterocycles. The quantitative estimate of drug-likeness (QED) is 0.782. The number of nitrogen functional groups attached to an aromatic ring is 1. The van der Waals surface area contributed by atoms with Crippen molar-refractivity contribution in [1.29, 1.82) is 0 Å². The van der Waals surface area contributed by atoms with Crippen LogP contribution in [0.4, 0.5) is 5.69 Å². The van der Waals surface area contributed by atoms with Crippen molar-refractivity contribution in [2.24, 2.45) is 0 Å². The summed E-state index contributed by atoms with van der Waals surface area (Å²) in [6.07, 6.45) is 0.629. The van der Waals surface area contributed by atoms with Crippen molar-refractivity contribution in [3.63, 3.8) is 0 Å². The van der Waals surface area contributed by atoms with Crippen molar-refractivity contribution < 1.29 is 8.42 Å². The third-order valence-corrected chi connectivity index (χ3v) is 4.03. The van der Waals surface area contributed by atoms with Crippen molar-refractivity contribution in [3.05, 3.63) is 24.3 Å². The van der Waals surface area contributed by atoms with Crippen LogP contribution in [-0.2, 0) is 9.84 Å². The van der Waals surface area contributed by atoms with E-state index in [1.165, 1.54) is 6.07 Å². The summed E-state index contributed by atoms with van der Waals surface area (Å²) in [4.78, 5) is 2.28. The average Bonchev–Trinajstić information content (AvgIpc) is 2.16. The molecule has 0 atom stereocenters. The van der Waals surface area contributed by atoms with Crippen LogP contribution in [0.1, 0.15) is 6.42 Å². The Balaban J connectivity index is 2.71. The second kappa shape index (κ2) is 5.32. The summed E-state index contributed by atoms with van der Waals surface area (Å²) >= 11 is 0. The lowest BCUT2D eigenvalue weighted by Crippen LogP contribution is -2.17. The van der Waals surface area contributed by atoms with Gasteiger partial charge in [-0.15, -0.1) is 0 Å². The third-order valence-electron chi connectivity index (χ3n) is 2.24. The van der Waals surface area contributed by atoms with E-state index in [1.54, 1.807) is 18.2 Å². The summed E-state index contributed by atoms with van der Waals surface area (Å²) < 4.78 is 23.8. The fourth-order valence-corrected chi connectivity index (χ4v) is 2.74. The molecule has 16 heavy (non-hydrogen) atoms. The van der Waals surface area contributed by atoms with Crippen LogP contribution in [-0.4, -0.2) is 39.7 Å². The van der Waals surface area contributed by atoms with Crippen LogP contribution in [0, 0.1) is 0 Å². The minimum Gasteiger partial charge on any atom is -0.399 e. The molecular weight excluding hydrogens is 224 g/mol. The number of nitrogens with two attached hydrogens (primary N) is 1. The van der Waals surface area contributed by atoms with E-state index in [4.69, 9.17) is 5.73 Å². The Morgan fingerprint density at radius 1 is 1.31 bits per heavy atom. The molecule has 0 spiro atoms. The normalized spacial score (nSPS) is 11.9. The average molecular weight is 242 g/mol. The molecule has 1 aromatic carbocycles. The van der Waals surface area contributed by atoms with Crippen LogP contribution in [0.3, 0.4) is 0 Å². The largest absolute Gasteiger partial charge is 0.399 e. The number of hydrogen-bond donors (Lipinski definition) is 1. The highest BCUT2D eigenvalue weighted by Gasteiger charge is 2.13. The summed E-state index contributed by atoms with van der Waals surface area (Å²) in [5, 5.41) is 0. The zero-order valence-electron chi connectivity index (χ0n) is 9.68. The molecule has 0 radical (unpaired) electrons. The molecular formula is C11H18N2O2S. The monoisotopic (exact) mass is 242 g/mol.